The third-order valence-corrected chi connectivity index (χ3v) is 6.12. The summed E-state index contributed by atoms with van der Waals surface area (Å²) < 4.78 is 34.7. The van der Waals surface area contributed by atoms with E-state index in [1.165, 1.54) is 21.5 Å². The van der Waals surface area contributed by atoms with Crippen LogP contribution in [0.25, 0.3) is 0 Å². The van der Waals surface area contributed by atoms with Gasteiger partial charge >= 0.3 is 0 Å². The molecular weight excluding hydrogens is 306 g/mol. The number of nitrogens with zero attached hydrogens (tertiary/aromatic N) is 5. The Morgan fingerprint density at radius 3 is 2.68 bits per heavy atom. The molecule has 1 aliphatic carbocycles. The average molecular weight is 329 g/mol. The molecule has 1 fully saturated rings. The molecule has 0 radical (unpaired) electrons. The fraction of sp³-hybridized carbons (Fsp3) is 0.846. The molecule has 0 bridgehead atoms. The predicted molar refractivity (Wildman–Crippen MR) is 80.4 cm³/mol. The van der Waals surface area contributed by atoms with E-state index in [4.69, 9.17) is 4.74 Å². The van der Waals surface area contributed by atoms with Crippen LogP contribution in [0, 0.1) is 5.92 Å². The van der Waals surface area contributed by atoms with E-state index >= 15 is 0 Å². The van der Waals surface area contributed by atoms with Crippen LogP contribution in [0.2, 0.25) is 0 Å². The maximum atomic E-state index is 12.4. The monoisotopic (exact) mass is 329 g/mol. The zero-order chi connectivity index (χ0) is 15.9. The summed E-state index contributed by atoms with van der Waals surface area (Å²) in [4.78, 5) is 0. The minimum Gasteiger partial charge on any atom is -0.384 e. The van der Waals surface area contributed by atoms with Gasteiger partial charge in [0.25, 0.3) is 10.2 Å². The molecule has 1 saturated carbocycles. The van der Waals surface area contributed by atoms with Crippen LogP contribution in [-0.2, 0) is 28.0 Å². The smallest absolute Gasteiger partial charge is 0.281 e. The molecule has 1 aromatic rings. The number of aromatic nitrogens is 3. The number of rotatable bonds is 6. The maximum Gasteiger partial charge on any atom is 0.281 e. The van der Waals surface area contributed by atoms with Crippen LogP contribution in [0.1, 0.15) is 30.1 Å². The van der Waals surface area contributed by atoms with Crippen molar-refractivity contribution < 1.29 is 13.2 Å². The zero-order valence-electron chi connectivity index (χ0n) is 13.3. The first kappa shape index (κ1) is 15.9. The molecule has 0 N–H and O–H groups in total. The Bertz CT molecular complexity index is 638. The van der Waals surface area contributed by atoms with E-state index < -0.39 is 10.2 Å². The predicted octanol–water partition coefficient (Wildman–Crippen LogP) is 0.0401. The van der Waals surface area contributed by atoms with E-state index in [9.17, 15) is 8.42 Å². The molecule has 0 amide bonds. The van der Waals surface area contributed by atoms with Gasteiger partial charge in [-0.25, -0.2) is 4.68 Å². The first-order valence-electron chi connectivity index (χ1n) is 7.52. The highest BCUT2D eigenvalue weighted by Gasteiger charge is 2.38. The Morgan fingerprint density at radius 1 is 1.36 bits per heavy atom. The van der Waals surface area contributed by atoms with Crippen molar-refractivity contribution in [3.63, 3.8) is 0 Å². The van der Waals surface area contributed by atoms with Gasteiger partial charge in [-0.1, -0.05) is 5.21 Å². The van der Waals surface area contributed by atoms with Crippen molar-refractivity contribution in [2.24, 2.45) is 5.92 Å². The van der Waals surface area contributed by atoms with Gasteiger partial charge in [-0.05, 0) is 18.8 Å². The van der Waals surface area contributed by atoms with E-state index in [0.29, 0.717) is 19.1 Å². The molecule has 124 valence electrons. The summed E-state index contributed by atoms with van der Waals surface area (Å²) in [5.74, 6) is 0.662. The lowest BCUT2D eigenvalue weighted by molar-refractivity contribution is 0.157. The second-order valence-electron chi connectivity index (χ2n) is 6.28. The van der Waals surface area contributed by atoms with Crippen LogP contribution in [0.4, 0.5) is 0 Å². The van der Waals surface area contributed by atoms with Crippen molar-refractivity contribution in [1.82, 2.24) is 23.6 Å². The van der Waals surface area contributed by atoms with Crippen molar-refractivity contribution in [2.75, 3.05) is 34.4 Å². The van der Waals surface area contributed by atoms with Crippen LogP contribution in [0.15, 0.2) is 0 Å². The highest BCUT2D eigenvalue weighted by atomic mass is 32.2. The van der Waals surface area contributed by atoms with Crippen LogP contribution in [0.3, 0.4) is 0 Å². The third kappa shape index (κ3) is 2.90. The SMILES string of the molecule is COCC1CN(S(=O)(=O)N(C)C)Cc2nnn(CC3CC3)c21. The summed E-state index contributed by atoms with van der Waals surface area (Å²) in [6.07, 6.45) is 2.48. The normalized spacial score (nSPS) is 23.0. The van der Waals surface area contributed by atoms with Gasteiger partial charge in [0.2, 0.25) is 0 Å². The molecule has 1 aromatic heterocycles. The minimum atomic E-state index is -3.46. The first-order valence-corrected chi connectivity index (χ1v) is 8.92. The molecule has 2 aliphatic rings. The molecular formula is C13H23N5O3S. The molecule has 1 unspecified atom stereocenters. The summed E-state index contributed by atoms with van der Waals surface area (Å²) in [7, 11) is 1.26. The topological polar surface area (TPSA) is 80.6 Å². The van der Waals surface area contributed by atoms with Crippen LogP contribution < -0.4 is 0 Å². The molecule has 3 rings (SSSR count). The number of fused-ring (bicyclic) bond motifs is 1. The quantitative estimate of drug-likeness (QED) is 0.736. The van der Waals surface area contributed by atoms with Crippen molar-refractivity contribution >= 4 is 10.2 Å². The van der Waals surface area contributed by atoms with Crippen LogP contribution in [0.5, 0.6) is 0 Å². The van der Waals surface area contributed by atoms with E-state index in [0.717, 1.165) is 17.9 Å². The number of hydrogen-bond acceptors (Lipinski definition) is 5. The van der Waals surface area contributed by atoms with Crippen molar-refractivity contribution in [3.05, 3.63) is 11.4 Å². The van der Waals surface area contributed by atoms with Gasteiger partial charge in [-0.15, -0.1) is 5.10 Å². The Kier molecular flexibility index (Phi) is 4.23. The molecule has 8 nitrogen and oxygen atoms in total. The summed E-state index contributed by atoms with van der Waals surface area (Å²) >= 11 is 0. The van der Waals surface area contributed by atoms with Gasteiger partial charge in [0.1, 0.15) is 5.69 Å². The molecule has 9 heteroatoms. The second kappa shape index (κ2) is 5.88. The molecule has 22 heavy (non-hydrogen) atoms. The lowest BCUT2D eigenvalue weighted by Gasteiger charge is -2.32. The molecule has 2 heterocycles. The second-order valence-corrected chi connectivity index (χ2v) is 8.42. The Hall–Kier alpha value is -1.03. The van der Waals surface area contributed by atoms with Gasteiger partial charge in [0.05, 0.1) is 18.8 Å². The van der Waals surface area contributed by atoms with Gasteiger partial charge in [0.15, 0.2) is 0 Å². The van der Waals surface area contributed by atoms with E-state index in [2.05, 4.69) is 10.3 Å². The van der Waals surface area contributed by atoms with Crippen molar-refractivity contribution in [2.45, 2.75) is 31.8 Å². The highest BCUT2D eigenvalue weighted by molar-refractivity contribution is 7.86. The highest BCUT2D eigenvalue weighted by Crippen LogP contribution is 2.34. The van der Waals surface area contributed by atoms with E-state index in [1.54, 1.807) is 21.2 Å². The fourth-order valence-electron chi connectivity index (χ4n) is 2.90. The van der Waals surface area contributed by atoms with E-state index in [1.807, 2.05) is 4.68 Å². The van der Waals surface area contributed by atoms with Gasteiger partial charge in [0, 0.05) is 40.2 Å². The van der Waals surface area contributed by atoms with Crippen LogP contribution >= 0.6 is 0 Å². The molecule has 0 saturated heterocycles. The van der Waals surface area contributed by atoms with Gasteiger partial charge in [-0.3, -0.25) is 0 Å². The van der Waals surface area contributed by atoms with Crippen LogP contribution in [-0.4, -0.2) is 66.4 Å². The molecule has 1 aliphatic heterocycles. The summed E-state index contributed by atoms with van der Waals surface area (Å²) in [5, 5.41) is 8.47. The molecule has 0 aromatic carbocycles. The fourth-order valence-corrected chi connectivity index (χ4v) is 4.01. The van der Waals surface area contributed by atoms with E-state index in [-0.39, 0.29) is 12.5 Å². The van der Waals surface area contributed by atoms with Gasteiger partial charge < -0.3 is 4.74 Å². The molecule has 0 spiro atoms. The average Bonchev–Trinajstić information content (AvgIpc) is 3.18. The standard InChI is InChI=1S/C13H23N5O3S/c1-16(2)22(19,20)17-7-11(9-21-3)13-12(8-17)14-15-18(13)6-10-4-5-10/h10-11H,4-9H2,1-3H3. The molecule has 1 atom stereocenters. The van der Waals surface area contributed by atoms with Crippen molar-refractivity contribution in [3.8, 4) is 0 Å². The lowest BCUT2D eigenvalue weighted by atomic mass is 10.0. The number of hydrogen-bond donors (Lipinski definition) is 0. The zero-order valence-corrected chi connectivity index (χ0v) is 14.1. The van der Waals surface area contributed by atoms with Gasteiger partial charge in [-0.2, -0.15) is 17.0 Å². The Balaban J connectivity index is 1.90. The first-order chi connectivity index (χ1) is 10.4. The minimum absolute atomic E-state index is 0.0303. The Morgan fingerprint density at radius 2 is 2.09 bits per heavy atom. The summed E-state index contributed by atoms with van der Waals surface area (Å²) in [6.45, 7) is 2.02. The Labute approximate surface area is 131 Å². The number of ether oxygens (including phenoxy) is 1. The number of methoxy groups -OCH3 is 1. The third-order valence-electron chi connectivity index (χ3n) is 4.27. The largest absolute Gasteiger partial charge is 0.384 e. The lowest BCUT2D eigenvalue weighted by Crippen LogP contribution is -2.45. The summed E-state index contributed by atoms with van der Waals surface area (Å²) in [6, 6.07) is 0. The van der Waals surface area contributed by atoms with Crippen molar-refractivity contribution in [1.29, 1.82) is 0 Å². The maximum absolute atomic E-state index is 12.4. The summed E-state index contributed by atoms with van der Waals surface area (Å²) in [5.41, 5.74) is 1.79.